The number of nitrogens with one attached hydrogen (secondary N) is 2. The number of hydrogen-bond donors (Lipinski definition) is 2. The molecule has 0 heterocycles. The summed E-state index contributed by atoms with van der Waals surface area (Å²) in [4.78, 5) is 4.81. The molecule has 0 radical (unpaired) electrons. The summed E-state index contributed by atoms with van der Waals surface area (Å²) in [6.45, 7) is 5.57. The molecular formula is C19H31N3O2S. The Morgan fingerprint density at radius 3 is 2.48 bits per heavy atom. The Labute approximate surface area is 152 Å². The number of aliphatic imine (C=N–C) groups is 1. The van der Waals surface area contributed by atoms with Gasteiger partial charge >= 0.3 is 0 Å². The minimum absolute atomic E-state index is 0.0570. The maximum absolute atomic E-state index is 11.3. The minimum Gasteiger partial charge on any atom is -0.357 e. The molecule has 1 aliphatic carbocycles. The van der Waals surface area contributed by atoms with Crippen LogP contribution in [0.5, 0.6) is 0 Å². The van der Waals surface area contributed by atoms with Gasteiger partial charge in [-0.15, -0.1) is 0 Å². The molecule has 0 saturated heterocycles. The molecule has 2 rings (SSSR count). The molecule has 0 spiro atoms. The molecule has 25 heavy (non-hydrogen) atoms. The Morgan fingerprint density at radius 1 is 1.28 bits per heavy atom. The van der Waals surface area contributed by atoms with Crippen molar-refractivity contribution in [2.24, 2.45) is 4.99 Å². The number of sulfone groups is 1. The van der Waals surface area contributed by atoms with Crippen molar-refractivity contribution in [2.45, 2.75) is 51.0 Å². The second kappa shape index (κ2) is 8.70. The van der Waals surface area contributed by atoms with Gasteiger partial charge in [0, 0.05) is 24.3 Å². The van der Waals surface area contributed by atoms with E-state index < -0.39 is 9.84 Å². The topological polar surface area (TPSA) is 70.6 Å². The molecule has 1 aromatic carbocycles. The molecule has 6 heteroatoms. The average Bonchev–Trinajstić information content (AvgIpc) is 2.52. The van der Waals surface area contributed by atoms with Crippen LogP contribution in [0.15, 0.2) is 35.3 Å². The lowest BCUT2D eigenvalue weighted by molar-refractivity contribution is 0.253. The minimum atomic E-state index is -2.93. The maximum Gasteiger partial charge on any atom is 0.191 e. The fourth-order valence-electron chi connectivity index (χ4n) is 3.18. The van der Waals surface area contributed by atoms with E-state index in [9.17, 15) is 8.42 Å². The van der Waals surface area contributed by atoms with Crippen molar-refractivity contribution in [1.29, 1.82) is 0 Å². The van der Waals surface area contributed by atoms with Crippen LogP contribution in [0.4, 0.5) is 0 Å². The predicted molar refractivity (Wildman–Crippen MR) is 105 cm³/mol. The maximum atomic E-state index is 11.3. The first-order valence-corrected chi connectivity index (χ1v) is 11.2. The van der Waals surface area contributed by atoms with Crippen LogP contribution < -0.4 is 10.6 Å². The van der Waals surface area contributed by atoms with Crippen molar-refractivity contribution < 1.29 is 8.42 Å². The van der Waals surface area contributed by atoms with Gasteiger partial charge in [-0.05, 0) is 38.7 Å². The molecule has 0 aliphatic heterocycles. The molecule has 0 bridgehead atoms. The first-order valence-electron chi connectivity index (χ1n) is 9.13. The van der Waals surface area contributed by atoms with Crippen LogP contribution in [0.3, 0.4) is 0 Å². The van der Waals surface area contributed by atoms with E-state index in [1.165, 1.54) is 31.1 Å². The number of benzene rings is 1. The first kappa shape index (κ1) is 19.8. The highest BCUT2D eigenvalue weighted by atomic mass is 32.2. The molecule has 1 aliphatic rings. The third-order valence-electron chi connectivity index (χ3n) is 4.89. The van der Waals surface area contributed by atoms with Crippen molar-refractivity contribution in [3.63, 3.8) is 0 Å². The molecule has 5 nitrogen and oxygen atoms in total. The van der Waals surface area contributed by atoms with Crippen LogP contribution in [0, 0.1) is 0 Å². The summed E-state index contributed by atoms with van der Waals surface area (Å²) < 4.78 is 22.7. The van der Waals surface area contributed by atoms with Gasteiger partial charge in [0.25, 0.3) is 0 Å². The Bertz CT molecular complexity index is 667. The van der Waals surface area contributed by atoms with Crippen LogP contribution in [0.2, 0.25) is 0 Å². The van der Waals surface area contributed by atoms with E-state index in [0.717, 1.165) is 19.0 Å². The molecule has 1 fully saturated rings. The van der Waals surface area contributed by atoms with Crippen LogP contribution in [-0.4, -0.2) is 45.5 Å². The van der Waals surface area contributed by atoms with E-state index in [2.05, 4.69) is 34.9 Å². The van der Waals surface area contributed by atoms with E-state index >= 15 is 0 Å². The average molecular weight is 366 g/mol. The van der Waals surface area contributed by atoms with Crippen LogP contribution >= 0.6 is 0 Å². The van der Waals surface area contributed by atoms with Crippen molar-refractivity contribution in [1.82, 2.24) is 10.6 Å². The fourth-order valence-corrected chi connectivity index (χ4v) is 3.96. The zero-order valence-corrected chi connectivity index (χ0v) is 16.4. The molecule has 0 amide bonds. The van der Waals surface area contributed by atoms with Crippen LogP contribution in [-0.2, 0) is 15.3 Å². The van der Waals surface area contributed by atoms with Crippen molar-refractivity contribution in [2.75, 3.05) is 25.1 Å². The smallest absolute Gasteiger partial charge is 0.191 e. The molecule has 1 saturated carbocycles. The highest BCUT2D eigenvalue weighted by Gasteiger charge is 2.38. The third kappa shape index (κ3) is 6.03. The Balaban J connectivity index is 2.01. The molecule has 140 valence electrons. The van der Waals surface area contributed by atoms with E-state index in [4.69, 9.17) is 4.99 Å². The zero-order valence-electron chi connectivity index (χ0n) is 15.6. The fraction of sp³-hybridized carbons (Fsp3) is 0.632. The van der Waals surface area contributed by atoms with E-state index in [0.29, 0.717) is 6.42 Å². The molecule has 2 N–H and O–H groups in total. The zero-order chi connectivity index (χ0) is 18.3. The van der Waals surface area contributed by atoms with Crippen LogP contribution in [0.1, 0.15) is 45.1 Å². The standard InChI is InChI=1S/C19H31N3O2S/c1-4-20-18(22-16(2)11-14-25(3,23)24)21-15-19(12-8-13-19)17-9-6-5-7-10-17/h5-7,9-10,16H,4,8,11-15H2,1-3H3,(H2,20,21,22). The quantitative estimate of drug-likeness (QED) is 0.548. The SMILES string of the molecule is CCNC(=NCC1(c2ccccc2)CCC1)NC(C)CCS(C)(=O)=O. The number of rotatable bonds is 8. The second-order valence-corrected chi connectivity index (χ2v) is 9.42. The summed E-state index contributed by atoms with van der Waals surface area (Å²) in [5.41, 5.74) is 1.52. The van der Waals surface area contributed by atoms with Gasteiger partial charge in [0.15, 0.2) is 5.96 Å². The summed E-state index contributed by atoms with van der Waals surface area (Å²) >= 11 is 0. The lowest BCUT2D eigenvalue weighted by atomic mass is 9.64. The van der Waals surface area contributed by atoms with Gasteiger partial charge < -0.3 is 10.6 Å². The number of guanidine groups is 1. The monoisotopic (exact) mass is 365 g/mol. The van der Waals surface area contributed by atoms with Gasteiger partial charge in [0.1, 0.15) is 9.84 Å². The van der Waals surface area contributed by atoms with Crippen molar-refractivity contribution in [3.05, 3.63) is 35.9 Å². The van der Waals surface area contributed by atoms with Crippen LogP contribution in [0.25, 0.3) is 0 Å². The third-order valence-corrected chi connectivity index (χ3v) is 5.86. The van der Waals surface area contributed by atoms with Gasteiger partial charge in [-0.2, -0.15) is 0 Å². The molecule has 1 atom stereocenters. The summed E-state index contributed by atoms with van der Waals surface area (Å²) in [5.74, 6) is 0.958. The van der Waals surface area contributed by atoms with Gasteiger partial charge in [-0.3, -0.25) is 4.99 Å². The first-order chi connectivity index (χ1) is 11.8. The largest absolute Gasteiger partial charge is 0.357 e. The van der Waals surface area contributed by atoms with Crippen molar-refractivity contribution in [3.8, 4) is 0 Å². The van der Waals surface area contributed by atoms with Crippen molar-refractivity contribution >= 4 is 15.8 Å². The number of nitrogens with zero attached hydrogens (tertiary/aromatic N) is 1. The molecule has 1 aromatic rings. The Morgan fingerprint density at radius 2 is 1.96 bits per heavy atom. The summed E-state index contributed by atoms with van der Waals surface area (Å²) in [7, 11) is -2.93. The van der Waals surface area contributed by atoms with E-state index in [-0.39, 0.29) is 17.2 Å². The van der Waals surface area contributed by atoms with E-state index in [1.54, 1.807) is 0 Å². The second-order valence-electron chi connectivity index (χ2n) is 7.16. The van der Waals surface area contributed by atoms with Gasteiger partial charge in [0.05, 0.1) is 12.3 Å². The van der Waals surface area contributed by atoms with Gasteiger partial charge in [-0.25, -0.2) is 8.42 Å². The van der Waals surface area contributed by atoms with E-state index in [1.807, 2.05) is 19.9 Å². The summed E-state index contributed by atoms with van der Waals surface area (Å²) in [6.07, 6.45) is 5.44. The van der Waals surface area contributed by atoms with Gasteiger partial charge in [0.2, 0.25) is 0 Å². The predicted octanol–water partition coefficient (Wildman–Crippen LogP) is 2.49. The lowest BCUT2D eigenvalue weighted by Gasteiger charge is -2.41. The summed E-state index contributed by atoms with van der Waals surface area (Å²) in [6, 6.07) is 10.7. The Hall–Kier alpha value is -1.56. The highest BCUT2D eigenvalue weighted by Crippen LogP contribution is 2.43. The summed E-state index contributed by atoms with van der Waals surface area (Å²) in [5, 5.41) is 6.61. The molecule has 0 aromatic heterocycles. The normalized spacial score (nSPS) is 18.3. The highest BCUT2D eigenvalue weighted by molar-refractivity contribution is 7.90. The van der Waals surface area contributed by atoms with Gasteiger partial charge in [-0.1, -0.05) is 36.8 Å². The molecule has 1 unspecified atom stereocenters. The number of hydrogen-bond acceptors (Lipinski definition) is 3. The Kier molecular flexibility index (Phi) is 6.87. The lowest BCUT2D eigenvalue weighted by Crippen LogP contribution is -2.45. The molecular weight excluding hydrogens is 334 g/mol.